The zero-order chi connectivity index (χ0) is 4.28. The SMILES string of the molecule is COC(=N)[O-].[Na+]. The molecule has 0 spiro atoms. The predicted molar refractivity (Wildman–Crippen MR) is 14.7 cm³/mol. The largest absolute Gasteiger partial charge is 1.00 e. The first kappa shape index (κ1) is 9.55. The summed E-state index contributed by atoms with van der Waals surface area (Å²) in [6, 6.07) is 0. The molecule has 0 saturated heterocycles. The molecule has 0 radical (unpaired) electrons. The smallest absolute Gasteiger partial charge is 0.604 e. The molecule has 4 heteroatoms. The molecule has 0 atom stereocenters. The Morgan fingerprint density at radius 2 is 2.00 bits per heavy atom. The quantitative estimate of drug-likeness (QED) is 0.190. The van der Waals surface area contributed by atoms with Crippen LogP contribution in [-0.2, 0) is 4.74 Å². The van der Waals surface area contributed by atoms with E-state index in [9.17, 15) is 5.11 Å². The first-order chi connectivity index (χ1) is 2.27. The second-order valence-electron chi connectivity index (χ2n) is 0.492. The van der Waals surface area contributed by atoms with Crippen molar-refractivity contribution in [2.75, 3.05) is 7.11 Å². The van der Waals surface area contributed by atoms with Gasteiger partial charge in [-0.15, -0.1) is 0 Å². The summed E-state index contributed by atoms with van der Waals surface area (Å²) in [4.78, 5) is 0. The van der Waals surface area contributed by atoms with E-state index in [0.29, 0.717) is 0 Å². The first-order valence-electron chi connectivity index (χ1n) is 1.07. The van der Waals surface area contributed by atoms with E-state index in [0.717, 1.165) is 7.11 Å². The van der Waals surface area contributed by atoms with Crippen LogP contribution in [0.4, 0.5) is 0 Å². The number of nitrogens with one attached hydrogen (secondary N) is 1. The fourth-order valence-electron chi connectivity index (χ4n) is 0. The van der Waals surface area contributed by atoms with Crippen LogP contribution < -0.4 is 34.7 Å². The van der Waals surface area contributed by atoms with Crippen molar-refractivity contribution in [2.24, 2.45) is 0 Å². The third kappa shape index (κ3) is 8.86. The van der Waals surface area contributed by atoms with Crippen molar-refractivity contribution in [3.63, 3.8) is 0 Å². The molecule has 0 heterocycles. The van der Waals surface area contributed by atoms with Gasteiger partial charge in [0.15, 0.2) is 0 Å². The molecule has 0 unspecified atom stereocenters. The first-order valence-corrected chi connectivity index (χ1v) is 1.07. The minimum absolute atomic E-state index is 0. The molecule has 0 bridgehead atoms. The van der Waals surface area contributed by atoms with E-state index in [1.54, 1.807) is 0 Å². The van der Waals surface area contributed by atoms with Gasteiger partial charge in [-0.1, -0.05) is 0 Å². The minimum Gasteiger partial charge on any atom is -0.604 e. The van der Waals surface area contributed by atoms with Crippen LogP contribution >= 0.6 is 0 Å². The van der Waals surface area contributed by atoms with Gasteiger partial charge in [0.25, 0.3) is 0 Å². The fourth-order valence-corrected chi connectivity index (χ4v) is 0. The summed E-state index contributed by atoms with van der Waals surface area (Å²) in [6.07, 6.45) is -0.995. The second-order valence-corrected chi connectivity index (χ2v) is 0.492. The molecule has 1 N–H and O–H groups in total. The summed E-state index contributed by atoms with van der Waals surface area (Å²) >= 11 is 0. The molecule has 0 aliphatic rings. The van der Waals surface area contributed by atoms with Gasteiger partial charge in [-0.2, -0.15) is 0 Å². The Labute approximate surface area is 58.1 Å². The molecule has 0 fully saturated rings. The predicted octanol–water partition coefficient (Wildman–Crippen LogP) is -4.07. The maximum atomic E-state index is 9.26. The van der Waals surface area contributed by atoms with Crippen LogP contribution in [0.2, 0.25) is 0 Å². The normalized spacial score (nSPS) is 5.50. The van der Waals surface area contributed by atoms with Gasteiger partial charge >= 0.3 is 29.6 Å². The number of methoxy groups -OCH3 is 1. The Kier molecular flexibility index (Phi) is 8.39. The Morgan fingerprint density at radius 1 is 1.83 bits per heavy atom. The van der Waals surface area contributed by atoms with E-state index in [-0.39, 0.29) is 29.6 Å². The summed E-state index contributed by atoms with van der Waals surface area (Å²) in [5.41, 5.74) is 0. The maximum absolute atomic E-state index is 9.26. The Bertz CT molecular complexity index is 46.8. The van der Waals surface area contributed by atoms with Crippen LogP contribution in [0.1, 0.15) is 0 Å². The molecule has 0 aromatic carbocycles. The van der Waals surface area contributed by atoms with Gasteiger partial charge in [0.05, 0.1) is 0 Å². The van der Waals surface area contributed by atoms with Crippen LogP contribution in [0.3, 0.4) is 0 Å². The topological polar surface area (TPSA) is 56.1 Å². The van der Waals surface area contributed by atoms with Crippen LogP contribution in [-0.4, -0.2) is 13.2 Å². The standard InChI is InChI=1S/C2H5NO2.Na/c1-5-2(3)4;/h1H3,(H2,3,4);/q;+1/p-1. The van der Waals surface area contributed by atoms with Gasteiger partial charge in [-0.3, -0.25) is 5.41 Å². The van der Waals surface area contributed by atoms with Crippen molar-refractivity contribution in [3.8, 4) is 0 Å². The molecular weight excluding hydrogens is 93.0 g/mol. The van der Waals surface area contributed by atoms with Crippen molar-refractivity contribution in [1.82, 2.24) is 0 Å². The van der Waals surface area contributed by atoms with Gasteiger partial charge in [0, 0.05) is 0 Å². The van der Waals surface area contributed by atoms with Gasteiger partial charge in [-0.05, 0) is 7.11 Å². The summed E-state index contributed by atoms with van der Waals surface area (Å²) in [5.74, 6) is 0. The Morgan fingerprint density at radius 3 is 2.00 bits per heavy atom. The van der Waals surface area contributed by atoms with Gasteiger partial charge < -0.3 is 9.84 Å². The molecule has 0 aromatic heterocycles. The molecular formula is C2H4NNaO2. The summed E-state index contributed by atoms with van der Waals surface area (Å²) < 4.78 is 3.78. The maximum Gasteiger partial charge on any atom is 1.00 e. The number of hydrogen-bond donors (Lipinski definition) is 1. The van der Waals surface area contributed by atoms with Crippen molar-refractivity contribution in [1.29, 1.82) is 5.41 Å². The molecule has 3 nitrogen and oxygen atoms in total. The van der Waals surface area contributed by atoms with E-state index in [2.05, 4.69) is 4.74 Å². The van der Waals surface area contributed by atoms with Crippen molar-refractivity contribution in [3.05, 3.63) is 0 Å². The average Bonchev–Trinajstić information content (AvgIpc) is 1.38. The van der Waals surface area contributed by atoms with Crippen molar-refractivity contribution < 1.29 is 39.4 Å². The Hall–Kier alpha value is 0.270. The molecule has 0 aromatic rings. The number of hydrogen-bond acceptors (Lipinski definition) is 3. The molecule has 0 saturated carbocycles. The number of rotatable bonds is 0. The molecule has 0 aliphatic heterocycles. The average molecular weight is 97.0 g/mol. The fraction of sp³-hybridized carbons (Fsp3) is 0.500. The molecule has 0 aliphatic carbocycles. The monoisotopic (exact) mass is 97.0 g/mol. The summed E-state index contributed by atoms with van der Waals surface area (Å²) in [6.45, 7) is 0. The van der Waals surface area contributed by atoms with Gasteiger partial charge in [0.1, 0.15) is 6.08 Å². The van der Waals surface area contributed by atoms with E-state index >= 15 is 0 Å². The third-order valence-corrected chi connectivity index (χ3v) is 0.185. The molecule has 0 rings (SSSR count). The van der Waals surface area contributed by atoms with Crippen LogP contribution in [0.15, 0.2) is 0 Å². The van der Waals surface area contributed by atoms with Crippen LogP contribution in [0, 0.1) is 5.41 Å². The Balaban J connectivity index is 0. The van der Waals surface area contributed by atoms with E-state index in [1.165, 1.54) is 0 Å². The molecule has 6 heavy (non-hydrogen) atoms. The van der Waals surface area contributed by atoms with Crippen LogP contribution in [0.25, 0.3) is 0 Å². The van der Waals surface area contributed by atoms with E-state index in [1.807, 2.05) is 0 Å². The minimum atomic E-state index is -0.995. The summed E-state index contributed by atoms with van der Waals surface area (Å²) in [5, 5.41) is 15.2. The third-order valence-electron chi connectivity index (χ3n) is 0.185. The van der Waals surface area contributed by atoms with Gasteiger partial charge in [-0.25, -0.2) is 0 Å². The number of ether oxygens (including phenoxy) is 1. The van der Waals surface area contributed by atoms with Crippen molar-refractivity contribution >= 4 is 6.08 Å². The second kappa shape index (κ2) is 5.27. The van der Waals surface area contributed by atoms with E-state index in [4.69, 9.17) is 5.41 Å². The van der Waals surface area contributed by atoms with Gasteiger partial charge in [0.2, 0.25) is 0 Å². The van der Waals surface area contributed by atoms with E-state index < -0.39 is 6.08 Å². The van der Waals surface area contributed by atoms with Crippen LogP contribution in [0.5, 0.6) is 0 Å². The molecule has 0 amide bonds. The van der Waals surface area contributed by atoms with Crippen molar-refractivity contribution in [2.45, 2.75) is 0 Å². The zero-order valence-corrected chi connectivity index (χ0v) is 5.82. The molecule has 30 valence electrons. The summed E-state index contributed by atoms with van der Waals surface area (Å²) in [7, 11) is 1.16. The zero-order valence-electron chi connectivity index (χ0n) is 3.82.